The molecule has 3 saturated carbocycles. The van der Waals surface area contributed by atoms with Gasteiger partial charge in [0.1, 0.15) is 12.1 Å². The zero-order chi connectivity index (χ0) is 22.2. The SMILES string of the molecule is CNC(CS)C(=O)OCCC1CC2CCCC(C(N)C(=O)N3C(C#N)CC4CC43)(C2)C1. The van der Waals surface area contributed by atoms with E-state index in [4.69, 9.17) is 10.5 Å². The van der Waals surface area contributed by atoms with Crippen LogP contribution in [0.4, 0.5) is 0 Å². The van der Waals surface area contributed by atoms with Crippen LogP contribution in [0.2, 0.25) is 0 Å². The number of carbonyl (C=O) groups excluding carboxylic acids is 2. The second-order valence-electron chi connectivity index (χ2n) is 10.3. The van der Waals surface area contributed by atoms with Crippen molar-refractivity contribution in [1.29, 1.82) is 5.26 Å². The molecule has 1 heterocycles. The van der Waals surface area contributed by atoms with E-state index in [-0.39, 0.29) is 35.4 Å². The first kappa shape index (κ1) is 22.9. The first-order chi connectivity index (χ1) is 14.9. The van der Waals surface area contributed by atoms with Crippen LogP contribution >= 0.6 is 12.6 Å². The van der Waals surface area contributed by atoms with E-state index >= 15 is 0 Å². The minimum Gasteiger partial charge on any atom is -0.464 e. The summed E-state index contributed by atoms with van der Waals surface area (Å²) in [6, 6.07) is 1.35. The lowest BCUT2D eigenvalue weighted by molar-refractivity contribution is -0.146. The predicted molar refractivity (Wildman–Crippen MR) is 120 cm³/mol. The average Bonchev–Trinajstić information content (AvgIpc) is 3.43. The predicted octanol–water partition coefficient (Wildman–Crippen LogP) is 1.86. The molecule has 31 heavy (non-hydrogen) atoms. The molecule has 0 aromatic rings. The first-order valence-electron chi connectivity index (χ1n) is 11.8. The molecule has 8 heteroatoms. The van der Waals surface area contributed by atoms with Crippen molar-refractivity contribution in [3.05, 3.63) is 0 Å². The highest BCUT2D eigenvalue weighted by atomic mass is 32.1. The van der Waals surface area contributed by atoms with Crippen molar-refractivity contribution in [2.45, 2.75) is 82.0 Å². The maximum Gasteiger partial charge on any atom is 0.323 e. The quantitative estimate of drug-likeness (QED) is 0.386. The van der Waals surface area contributed by atoms with Crippen molar-refractivity contribution in [3.8, 4) is 6.07 Å². The van der Waals surface area contributed by atoms with E-state index < -0.39 is 6.04 Å². The number of rotatable bonds is 8. The summed E-state index contributed by atoms with van der Waals surface area (Å²) < 4.78 is 5.49. The molecule has 2 bridgehead atoms. The van der Waals surface area contributed by atoms with Crippen LogP contribution < -0.4 is 11.1 Å². The molecular formula is C23H36N4O3S. The van der Waals surface area contributed by atoms with Gasteiger partial charge >= 0.3 is 5.97 Å². The highest BCUT2D eigenvalue weighted by Gasteiger charge is 2.57. The van der Waals surface area contributed by atoms with Crippen molar-refractivity contribution in [2.24, 2.45) is 28.9 Å². The van der Waals surface area contributed by atoms with Gasteiger partial charge in [0.15, 0.2) is 0 Å². The molecule has 7 nitrogen and oxygen atoms in total. The molecule has 4 rings (SSSR count). The number of nitriles is 1. The van der Waals surface area contributed by atoms with Gasteiger partial charge in [0, 0.05) is 11.8 Å². The highest BCUT2D eigenvalue weighted by Crippen LogP contribution is 2.55. The minimum absolute atomic E-state index is 0.00470. The summed E-state index contributed by atoms with van der Waals surface area (Å²) in [4.78, 5) is 27.4. The van der Waals surface area contributed by atoms with Gasteiger partial charge in [-0.05, 0) is 75.2 Å². The molecular weight excluding hydrogens is 412 g/mol. The van der Waals surface area contributed by atoms with Crippen molar-refractivity contribution >= 4 is 24.5 Å². The second kappa shape index (κ2) is 9.29. The number of thiol groups is 1. The Balaban J connectivity index is 1.39. The van der Waals surface area contributed by atoms with Crippen LogP contribution in [0.3, 0.4) is 0 Å². The van der Waals surface area contributed by atoms with Crippen LogP contribution in [0.5, 0.6) is 0 Å². The van der Waals surface area contributed by atoms with E-state index in [0.29, 0.717) is 30.1 Å². The van der Waals surface area contributed by atoms with Gasteiger partial charge in [0.05, 0.1) is 18.7 Å². The molecule has 8 atom stereocenters. The third-order valence-electron chi connectivity index (χ3n) is 8.36. The number of likely N-dealkylation sites (N-methyl/N-ethyl adjacent to an activating group) is 1. The van der Waals surface area contributed by atoms with Crippen LogP contribution in [0, 0.1) is 34.5 Å². The number of piperidine rings is 1. The topological polar surface area (TPSA) is 108 Å². The number of nitrogens with two attached hydrogens (primary N) is 1. The Hall–Kier alpha value is -1.30. The summed E-state index contributed by atoms with van der Waals surface area (Å²) >= 11 is 4.18. The number of nitrogens with one attached hydrogen (secondary N) is 1. The molecule has 0 spiro atoms. The number of hydrogen-bond acceptors (Lipinski definition) is 7. The van der Waals surface area contributed by atoms with Gasteiger partial charge in [-0.2, -0.15) is 17.9 Å². The Kier molecular flexibility index (Phi) is 6.85. The van der Waals surface area contributed by atoms with E-state index in [2.05, 4.69) is 24.0 Å². The molecule has 1 amide bonds. The van der Waals surface area contributed by atoms with Crippen molar-refractivity contribution in [3.63, 3.8) is 0 Å². The van der Waals surface area contributed by atoms with E-state index in [1.807, 2.05) is 4.90 Å². The van der Waals surface area contributed by atoms with Crippen molar-refractivity contribution in [2.75, 3.05) is 19.4 Å². The molecule has 172 valence electrons. The van der Waals surface area contributed by atoms with Crippen molar-refractivity contribution in [1.82, 2.24) is 10.2 Å². The van der Waals surface area contributed by atoms with Gasteiger partial charge in [-0.25, -0.2) is 0 Å². The normalized spacial score (nSPS) is 38.0. The standard InChI is InChI=1S/C23H36N4O3S/c1-26-18(13-31)22(29)30-6-4-15-7-14-3-2-5-23(10-14,11-15)20(25)21(28)27-17(12-24)8-16-9-19(16)27/h14-20,26,31H,2-11,13,25H2,1H3. The third-order valence-corrected chi connectivity index (χ3v) is 8.73. The lowest BCUT2D eigenvalue weighted by Gasteiger charge is -2.51. The minimum atomic E-state index is -0.534. The number of nitrogens with zero attached hydrogens (tertiary/aromatic N) is 2. The summed E-state index contributed by atoms with van der Waals surface area (Å²) in [5, 5.41) is 12.4. The number of esters is 1. The van der Waals surface area contributed by atoms with Crippen LogP contribution in [0.25, 0.3) is 0 Å². The molecule has 1 saturated heterocycles. The summed E-state index contributed by atoms with van der Waals surface area (Å²) in [5.74, 6) is 1.64. The molecule has 0 radical (unpaired) electrons. The smallest absolute Gasteiger partial charge is 0.323 e. The van der Waals surface area contributed by atoms with Gasteiger partial charge in [-0.1, -0.05) is 12.8 Å². The number of amides is 1. The Bertz CT molecular complexity index is 739. The van der Waals surface area contributed by atoms with Crippen LogP contribution in [0.1, 0.15) is 57.8 Å². The monoisotopic (exact) mass is 448 g/mol. The number of likely N-dealkylation sites (tertiary alicyclic amines) is 1. The van der Waals surface area contributed by atoms with E-state index in [1.165, 1.54) is 6.42 Å². The average molecular weight is 449 g/mol. The molecule has 3 N–H and O–H groups in total. The van der Waals surface area contributed by atoms with Gasteiger partial charge in [0.2, 0.25) is 5.91 Å². The highest BCUT2D eigenvalue weighted by molar-refractivity contribution is 7.80. The molecule has 0 aromatic carbocycles. The summed E-state index contributed by atoms with van der Waals surface area (Å²) in [5.41, 5.74) is 6.54. The molecule has 0 aromatic heterocycles. The van der Waals surface area contributed by atoms with Crippen LogP contribution in [-0.2, 0) is 14.3 Å². The van der Waals surface area contributed by atoms with E-state index in [0.717, 1.165) is 51.4 Å². The van der Waals surface area contributed by atoms with Gasteiger partial charge in [-0.3, -0.25) is 9.59 Å². The zero-order valence-corrected chi connectivity index (χ0v) is 19.4. The summed E-state index contributed by atoms with van der Waals surface area (Å²) in [6.45, 7) is 0.397. The fraction of sp³-hybridized carbons (Fsp3) is 0.870. The Morgan fingerprint density at radius 3 is 2.87 bits per heavy atom. The van der Waals surface area contributed by atoms with Crippen molar-refractivity contribution < 1.29 is 14.3 Å². The number of hydrogen-bond donors (Lipinski definition) is 3. The summed E-state index contributed by atoms with van der Waals surface area (Å²) in [6.07, 6.45) is 8.98. The molecule has 4 fully saturated rings. The van der Waals surface area contributed by atoms with Gasteiger partial charge in [0.25, 0.3) is 0 Å². The number of ether oxygens (including phenoxy) is 1. The fourth-order valence-corrected chi connectivity index (χ4v) is 7.02. The number of carbonyl (C=O) groups is 2. The zero-order valence-electron chi connectivity index (χ0n) is 18.5. The lowest BCUT2D eigenvalue weighted by Crippen LogP contribution is -2.58. The van der Waals surface area contributed by atoms with Crippen LogP contribution in [-0.4, -0.2) is 60.4 Å². The molecule has 1 aliphatic heterocycles. The Labute approximate surface area is 190 Å². The maximum absolute atomic E-state index is 13.5. The third kappa shape index (κ3) is 4.46. The van der Waals surface area contributed by atoms with Gasteiger partial charge in [-0.15, -0.1) is 0 Å². The second-order valence-corrected chi connectivity index (χ2v) is 10.6. The maximum atomic E-state index is 13.5. The summed E-state index contributed by atoms with van der Waals surface area (Å²) in [7, 11) is 1.73. The first-order valence-corrected chi connectivity index (χ1v) is 12.5. The van der Waals surface area contributed by atoms with E-state index in [1.54, 1.807) is 7.05 Å². The molecule has 4 aliphatic rings. The van der Waals surface area contributed by atoms with E-state index in [9.17, 15) is 14.9 Å². The van der Waals surface area contributed by atoms with Crippen LogP contribution in [0.15, 0.2) is 0 Å². The lowest BCUT2D eigenvalue weighted by atomic mass is 9.55. The Morgan fingerprint density at radius 2 is 2.16 bits per heavy atom. The molecule has 3 aliphatic carbocycles. The molecule has 8 unspecified atom stereocenters. The Morgan fingerprint density at radius 1 is 1.35 bits per heavy atom. The number of fused-ring (bicyclic) bond motifs is 3. The van der Waals surface area contributed by atoms with Gasteiger partial charge < -0.3 is 20.7 Å². The largest absolute Gasteiger partial charge is 0.464 e. The fourth-order valence-electron chi connectivity index (χ4n) is 6.69.